The van der Waals surface area contributed by atoms with Crippen LogP contribution in [-0.2, 0) is 9.53 Å². The summed E-state index contributed by atoms with van der Waals surface area (Å²) in [6.07, 6.45) is 3.26. The highest BCUT2D eigenvalue weighted by molar-refractivity contribution is 5.82. The first-order valence-electron chi connectivity index (χ1n) is 4.25. The third-order valence-electron chi connectivity index (χ3n) is 2.44. The molecule has 2 heterocycles. The number of hydrogen-bond donors (Lipinski definition) is 0. The first-order valence-corrected chi connectivity index (χ1v) is 4.25. The normalized spacial score (nSPS) is 37.5. The van der Waals surface area contributed by atoms with Gasteiger partial charge in [0.05, 0.1) is 0 Å². The smallest absolute Gasteiger partial charge is 0.253 e. The molecule has 2 fully saturated rings. The SMILES string of the molecule is C[C@H]1O[C@@H]2CCCCN2C1=O. The summed E-state index contributed by atoms with van der Waals surface area (Å²) in [5.41, 5.74) is 0. The van der Waals surface area contributed by atoms with Gasteiger partial charge in [0.1, 0.15) is 12.3 Å². The maximum Gasteiger partial charge on any atom is 0.253 e. The van der Waals surface area contributed by atoms with E-state index in [9.17, 15) is 4.79 Å². The van der Waals surface area contributed by atoms with Crippen LogP contribution in [0.3, 0.4) is 0 Å². The van der Waals surface area contributed by atoms with E-state index in [4.69, 9.17) is 4.74 Å². The van der Waals surface area contributed by atoms with Crippen molar-refractivity contribution in [3.63, 3.8) is 0 Å². The number of carbonyl (C=O) groups is 1. The van der Waals surface area contributed by atoms with Gasteiger partial charge in [-0.05, 0) is 26.2 Å². The fraction of sp³-hybridized carbons (Fsp3) is 0.875. The molecule has 2 aliphatic rings. The minimum absolute atomic E-state index is 0.103. The quantitative estimate of drug-likeness (QED) is 0.516. The van der Waals surface area contributed by atoms with Crippen molar-refractivity contribution in [1.29, 1.82) is 0 Å². The van der Waals surface area contributed by atoms with Crippen LogP contribution in [0.2, 0.25) is 0 Å². The van der Waals surface area contributed by atoms with E-state index in [0.29, 0.717) is 0 Å². The van der Waals surface area contributed by atoms with Gasteiger partial charge in [0, 0.05) is 6.54 Å². The van der Waals surface area contributed by atoms with Crippen molar-refractivity contribution in [3.05, 3.63) is 0 Å². The van der Waals surface area contributed by atoms with E-state index in [-0.39, 0.29) is 18.2 Å². The Morgan fingerprint density at radius 2 is 2.36 bits per heavy atom. The molecule has 0 radical (unpaired) electrons. The van der Waals surface area contributed by atoms with Gasteiger partial charge in [-0.3, -0.25) is 4.79 Å². The fourth-order valence-electron chi connectivity index (χ4n) is 1.82. The monoisotopic (exact) mass is 155 g/mol. The first kappa shape index (κ1) is 7.10. The molecule has 2 rings (SSSR count). The van der Waals surface area contributed by atoms with E-state index in [1.807, 2.05) is 11.8 Å². The molecule has 0 bridgehead atoms. The summed E-state index contributed by atoms with van der Waals surface area (Å²) in [5, 5.41) is 0. The lowest BCUT2D eigenvalue weighted by Crippen LogP contribution is -2.38. The second-order valence-electron chi connectivity index (χ2n) is 3.26. The van der Waals surface area contributed by atoms with Crippen molar-refractivity contribution in [2.75, 3.05) is 6.54 Å². The highest BCUT2D eigenvalue weighted by Gasteiger charge is 2.38. The summed E-state index contributed by atoms with van der Waals surface area (Å²) < 4.78 is 5.45. The van der Waals surface area contributed by atoms with Gasteiger partial charge >= 0.3 is 0 Å². The van der Waals surface area contributed by atoms with Crippen molar-refractivity contribution in [3.8, 4) is 0 Å². The van der Waals surface area contributed by atoms with E-state index in [1.165, 1.54) is 6.42 Å². The number of ether oxygens (including phenoxy) is 1. The van der Waals surface area contributed by atoms with Crippen LogP contribution in [0.15, 0.2) is 0 Å². The molecular weight excluding hydrogens is 142 g/mol. The van der Waals surface area contributed by atoms with Gasteiger partial charge in [0.15, 0.2) is 0 Å². The number of piperidine rings is 1. The zero-order chi connectivity index (χ0) is 7.84. The summed E-state index contributed by atoms with van der Waals surface area (Å²) in [4.78, 5) is 13.2. The van der Waals surface area contributed by atoms with Crippen LogP contribution in [0.5, 0.6) is 0 Å². The standard InChI is InChI=1S/C8H13NO2/c1-6-8(10)9-5-3-2-4-7(9)11-6/h6-7H,2-5H2,1H3/t6-,7-/m1/s1. The zero-order valence-electron chi connectivity index (χ0n) is 6.75. The maximum atomic E-state index is 11.3. The second kappa shape index (κ2) is 2.48. The second-order valence-corrected chi connectivity index (χ2v) is 3.26. The van der Waals surface area contributed by atoms with Crippen molar-refractivity contribution < 1.29 is 9.53 Å². The molecule has 0 unspecified atom stereocenters. The van der Waals surface area contributed by atoms with Gasteiger partial charge in [-0.1, -0.05) is 0 Å². The summed E-state index contributed by atoms with van der Waals surface area (Å²) in [6.45, 7) is 2.73. The van der Waals surface area contributed by atoms with Crippen molar-refractivity contribution in [2.24, 2.45) is 0 Å². The van der Waals surface area contributed by atoms with E-state index in [1.54, 1.807) is 0 Å². The Morgan fingerprint density at radius 1 is 1.55 bits per heavy atom. The summed E-state index contributed by atoms with van der Waals surface area (Å²) in [5.74, 6) is 0.176. The lowest BCUT2D eigenvalue weighted by Gasteiger charge is -2.27. The van der Waals surface area contributed by atoms with Gasteiger partial charge in [-0.15, -0.1) is 0 Å². The molecule has 11 heavy (non-hydrogen) atoms. The van der Waals surface area contributed by atoms with Crippen LogP contribution in [-0.4, -0.2) is 29.7 Å². The lowest BCUT2D eigenvalue weighted by molar-refractivity contribution is -0.130. The van der Waals surface area contributed by atoms with Crippen LogP contribution in [0.25, 0.3) is 0 Å². The van der Waals surface area contributed by atoms with Crippen LogP contribution < -0.4 is 0 Å². The number of hydrogen-bond acceptors (Lipinski definition) is 2. The molecule has 0 aromatic carbocycles. The molecule has 2 atom stereocenters. The molecular formula is C8H13NO2. The Hall–Kier alpha value is -0.570. The van der Waals surface area contributed by atoms with Crippen molar-refractivity contribution >= 4 is 5.91 Å². The van der Waals surface area contributed by atoms with E-state index >= 15 is 0 Å². The number of nitrogens with zero attached hydrogens (tertiary/aromatic N) is 1. The Morgan fingerprint density at radius 3 is 3.09 bits per heavy atom. The Labute approximate surface area is 66.3 Å². The molecule has 0 aliphatic carbocycles. The molecule has 0 saturated carbocycles. The number of fused-ring (bicyclic) bond motifs is 1. The van der Waals surface area contributed by atoms with Gasteiger partial charge < -0.3 is 9.64 Å². The first-order chi connectivity index (χ1) is 5.29. The van der Waals surface area contributed by atoms with Crippen LogP contribution in [0.4, 0.5) is 0 Å². The average Bonchev–Trinajstić information content (AvgIpc) is 2.30. The third-order valence-corrected chi connectivity index (χ3v) is 2.44. The molecule has 0 aromatic rings. The molecule has 1 amide bonds. The summed E-state index contributed by atoms with van der Waals surface area (Å²) in [6, 6.07) is 0. The van der Waals surface area contributed by atoms with Gasteiger partial charge in [0.25, 0.3) is 5.91 Å². The molecule has 0 N–H and O–H groups in total. The van der Waals surface area contributed by atoms with Crippen molar-refractivity contribution in [1.82, 2.24) is 4.90 Å². The predicted octanol–water partition coefficient (Wildman–Crippen LogP) is 0.744. The number of carbonyl (C=O) groups excluding carboxylic acids is 1. The van der Waals surface area contributed by atoms with Crippen LogP contribution in [0.1, 0.15) is 26.2 Å². The zero-order valence-corrected chi connectivity index (χ0v) is 6.75. The molecule has 62 valence electrons. The van der Waals surface area contributed by atoms with Crippen molar-refractivity contribution in [2.45, 2.75) is 38.5 Å². The lowest BCUT2D eigenvalue weighted by atomic mass is 10.1. The predicted molar refractivity (Wildman–Crippen MR) is 39.9 cm³/mol. The number of amides is 1. The Balaban J connectivity index is 2.11. The summed E-state index contributed by atoms with van der Waals surface area (Å²) >= 11 is 0. The summed E-state index contributed by atoms with van der Waals surface area (Å²) in [7, 11) is 0. The molecule has 3 nitrogen and oxygen atoms in total. The van der Waals surface area contributed by atoms with Gasteiger partial charge in [-0.2, -0.15) is 0 Å². The van der Waals surface area contributed by atoms with Crippen LogP contribution >= 0.6 is 0 Å². The minimum atomic E-state index is -0.196. The highest BCUT2D eigenvalue weighted by Crippen LogP contribution is 2.25. The van der Waals surface area contributed by atoms with Crippen LogP contribution in [0, 0.1) is 0 Å². The topological polar surface area (TPSA) is 29.5 Å². The number of rotatable bonds is 0. The third kappa shape index (κ3) is 1.03. The maximum absolute atomic E-state index is 11.3. The van der Waals surface area contributed by atoms with Gasteiger partial charge in [0.2, 0.25) is 0 Å². The average molecular weight is 155 g/mol. The molecule has 3 heteroatoms. The Bertz CT molecular complexity index is 181. The van der Waals surface area contributed by atoms with E-state index in [2.05, 4.69) is 0 Å². The van der Waals surface area contributed by atoms with Gasteiger partial charge in [-0.25, -0.2) is 0 Å². The van der Waals surface area contributed by atoms with E-state index < -0.39 is 0 Å². The molecule has 2 aliphatic heterocycles. The minimum Gasteiger partial charge on any atom is -0.346 e. The molecule has 0 aromatic heterocycles. The van der Waals surface area contributed by atoms with E-state index in [0.717, 1.165) is 19.4 Å². The fourth-order valence-corrected chi connectivity index (χ4v) is 1.82. The molecule has 2 saturated heterocycles. The largest absolute Gasteiger partial charge is 0.346 e. The highest BCUT2D eigenvalue weighted by atomic mass is 16.5. The Kier molecular flexibility index (Phi) is 1.60. The molecule has 0 spiro atoms.